The van der Waals surface area contributed by atoms with Crippen molar-refractivity contribution >= 4 is 17.5 Å². The number of hydrogen-bond acceptors (Lipinski definition) is 8. The summed E-state index contributed by atoms with van der Waals surface area (Å²) in [5.41, 5.74) is 2.51. The molecule has 0 spiro atoms. The molecule has 42 heavy (non-hydrogen) atoms. The molecule has 9 nitrogen and oxygen atoms in total. The summed E-state index contributed by atoms with van der Waals surface area (Å²) in [6, 6.07) is 14.5. The summed E-state index contributed by atoms with van der Waals surface area (Å²) in [7, 11) is 0. The maximum absolute atomic E-state index is 13.6. The number of likely N-dealkylation sites (tertiary alicyclic amines) is 1. The molecule has 2 saturated heterocycles. The number of hydrogen-bond donors (Lipinski definition) is 4. The average Bonchev–Trinajstić information content (AvgIpc) is 3.60. The molecule has 2 aliphatic heterocycles. The van der Waals surface area contributed by atoms with Crippen LogP contribution in [0.15, 0.2) is 42.5 Å². The van der Waals surface area contributed by atoms with Crippen molar-refractivity contribution < 1.29 is 34.0 Å². The van der Waals surface area contributed by atoms with Crippen LogP contribution in [0.2, 0.25) is 5.02 Å². The zero-order chi connectivity index (χ0) is 30.0. The van der Waals surface area contributed by atoms with Crippen molar-refractivity contribution in [3.8, 4) is 11.8 Å². The molecule has 3 fully saturated rings. The minimum atomic E-state index is -1.31. The number of alkyl halides is 1. The first-order valence-corrected chi connectivity index (χ1v) is 14.8. The third kappa shape index (κ3) is 6.88. The Labute approximate surface area is 249 Å². The molecule has 0 radical (unpaired) electrons. The number of carbonyl (C=O) groups excluding carboxylic acids is 1. The van der Waals surface area contributed by atoms with Gasteiger partial charge in [0.15, 0.2) is 0 Å². The van der Waals surface area contributed by atoms with Crippen LogP contribution in [0.5, 0.6) is 5.75 Å². The van der Waals surface area contributed by atoms with Crippen molar-refractivity contribution in [3.05, 3.63) is 64.2 Å². The fourth-order valence-corrected chi connectivity index (χ4v) is 6.26. The number of nitrogens with zero attached hydrogens (tertiary/aromatic N) is 2. The molecule has 0 aromatic heterocycles. The van der Waals surface area contributed by atoms with Crippen LogP contribution in [0.3, 0.4) is 0 Å². The summed E-state index contributed by atoms with van der Waals surface area (Å²) in [5, 5.41) is 43.7. The Morgan fingerprint density at radius 2 is 1.90 bits per heavy atom. The summed E-state index contributed by atoms with van der Waals surface area (Å²) in [6.07, 6.45) is -3.25. The van der Waals surface area contributed by atoms with E-state index in [2.05, 4.69) is 5.32 Å². The molecular weight excluding hydrogens is 565 g/mol. The van der Waals surface area contributed by atoms with E-state index in [4.69, 9.17) is 21.1 Å². The summed E-state index contributed by atoms with van der Waals surface area (Å²) < 4.78 is 25.6. The van der Waals surface area contributed by atoms with Crippen LogP contribution in [-0.2, 0) is 16.0 Å². The SMILES string of the molecule is C[C@H]1O[C@@H](c2ccc(Cl)c(Cc3ccc(O[C@@H]4CC[C@@H](NCC(=O)N5C[C@@H](F)C[C@H]5C#N)C4)cc3)c2)[C@H](O)[C@@H](O)[C@@H]1O. The number of aliphatic hydroxyl groups excluding tert-OH is 3. The van der Waals surface area contributed by atoms with Gasteiger partial charge in [-0.15, -0.1) is 0 Å². The number of rotatable bonds is 8. The zero-order valence-corrected chi connectivity index (χ0v) is 24.2. The van der Waals surface area contributed by atoms with E-state index in [0.717, 1.165) is 36.1 Å². The van der Waals surface area contributed by atoms with E-state index in [-0.39, 0.29) is 37.6 Å². The van der Waals surface area contributed by atoms with E-state index in [1.807, 2.05) is 36.4 Å². The highest BCUT2D eigenvalue weighted by Crippen LogP contribution is 2.34. The van der Waals surface area contributed by atoms with E-state index in [9.17, 15) is 29.8 Å². The molecule has 1 amide bonds. The number of amides is 1. The lowest BCUT2D eigenvalue weighted by Gasteiger charge is -2.39. The summed E-state index contributed by atoms with van der Waals surface area (Å²) in [6.45, 7) is 1.71. The first-order valence-electron chi connectivity index (χ1n) is 14.4. The monoisotopic (exact) mass is 601 g/mol. The van der Waals surface area contributed by atoms with Crippen molar-refractivity contribution in [1.29, 1.82) is 5.26 Å². The molecule has 11 heteroatoms. The number of carbonyl (C=O) groups is 1. The normalized spacial score (nSPS) is 33.0. The Morgan fingerprint density at radius 1 is 1.14 bits per heavy atom. The molecule has 0 unspecified atom stereocenters. The second kappa shape index (κ2) is 13.2. The number of halogens is 2. The van der Waals surface area contributed by atoms with E-state index in [0.29, 0.717) is 17.0 Å². The highest BCUT2D eigenvalue weighted by molar-refractivity contribution is 6.31. The molecule has 1 aliphatic carbocycles. The van der Waals surface area contributed by atoms with Crippen molar-refractivity contribution in [2.24, 2.45) is 0 Å². The highest BCUT2D eigenvalue weighted by atomic mass is 35.5. The third-order valence-electron chi connectivity index (χ3n) is 8.52. The molecule has 3 aliphatic rings. The summed E-state index contributed by atoms with van der Waals surface area (Å²) in [4.78, 5) is 13.8. The molecule has 1 saturated carbocycles. The molecule has 2 heterocycles. The Kier molecular flexibility index (Phi) is 9.67. The Hall–Kier alpha value is -2.78. The minimum absolute atomic E-state index is 0.00151. The first kappa shape index (κ1) is 30.7. The van der Waals surface area contributed by atoms with Crippen molar-refractivity contribution in [3.63, 3.8) is 0 Å². The first-order chi connectivity index (χ1) is 20.1. The quantitative estimate of drug-likeness (QED) is 0.363. The van der Waals surface area contributed by atoms with Gasteiger partial charge < -0.3 is 35.0 Å². The van der Waals surface area contributed by atoms with E-state index < -0.39 is 42.7 Å². The smallest absolute Gasteiger partial charge is 0.237 e. The maximum Gasteiger partial charge on any atom is 0.237 e. The van der Waals surface area contributed by atoms with Gasteiger partial charge in [-0.2, -0.15) is 5.26 Å². The van der Waals surface area contributed by atoms with Gasteiger partial charge in [0, 0.05) is 17.5 Å². The number of aliphatic hydroxyl groups is 3. The van der Waals surface area contributed by atoms with Crippen LogP contribution >= 0.6 is 11.6 Å². The van der Waals surface area contributed by atoms with E-state index in [1.54, 1.807) is 19.1 Å². The predicted molar refractivity (Wildman–Crippen MR) is 153 cm³/mol. The van der Waals surface area contributed by atoms with E-state index >= 15 is 0 Å². The lowest BCUT2D eigenvalue weighted by Crippen LogP contribution is -2.53. The topological polar surface area (TPSA) is 135 Å². The number of nitrogens with one attached hydrogen (secondary N) is 1. The van der Waals surface area contributed by atoms with Crippen molar-refractivity contribution in [2.75, 3.05) is 13.1 Å². The van der Waals surface area contributed by atoms with Crippen molar-refractivity contribution in [1.82, 2.24) is 10.2 Å². The molecule has 4 N–H and O–H groups in total. The zero-order valence-electron chi connectivity index (χ0n) is 23.4. The second-order valence-corrected chi connectivity index (χ2v) is 12.0. The maximum atomic E-state index is 13.6. The summed E-state index contributed by atoms with van der Waals surface area (Å²) in [5.74, 6) is 0.490. The highest BCUT2D eigenvalue weighted by Gasteiger charge is 2.42. The Bertz CT molecular complexity index is 1290. The molecule has 226 valence electrons. The van der Waals surface area contributed by atoms with Gasteiger partial charge in [0.25, 0.3) is 0 Å². The Morgan fingerprint density at radius 3 is 2.64 bits per heavy atom. The lowest BCUT2D eigenvalue weighted by molar-refractivity contribution is -0.219. The van der Waals surface area contributed by atoms with Crippen LogP contribution in [0.25, 0.3) is 0 Å². The lowest BCUT2D eigenvalue weighted by atomic mass is 9.90. The van der Waals surface area contributed by atoms with Gasteiger partial charge in [0.05, 0.1) is 25.3 Å². The van der Waals surface area contributed by atoms with Crippen LogP contribution in [0.1, 0.15) is 55.4 Å². The van der Waals surface area contributed by atoms with Crippen LogP contribution < -0.4 is 10.1 Å². The predicted octanol–water partition coefficient (Wildman–Crippen LogP) is 2.83. The van der Waals surface area contributed by atoms with Gasteiger partial charge in [-0.05, 0) is 67.5 Å². The third-order valence-corrected chi connectivity index (χ3v) is 8.89. The average molecular weight is 602 g/mol. The minimum Gasteiger partial charge on any atom is -0.490 e. The van der Waals surface area contributed by atoms with Crippen LogP contribution in [0.4, 0.5) is 4.39 Å². The Balaban J connectivity index is 1.12. The van der Waals surface area contributed by atoms with Gasteiger partial charge in [-0.25, -0.2) is 4.39 Å². The standard InChI is InChI=1S/C31H37ClFN3O6/c1-17-28(38)29(39)30(40)31(41-17)19-4-9-26(32)20(11-19)10-18-2-6-24(7-3-18)42-25-8-5-22(13-25)35-15-27(37)36-16-21(33)12-23(36)14-34/h2-4,6-7,9,11,17,21-23,25,28-31,35,38-40H,5,8,10,12-13,15-16H2,1H3/t17-,21+,22-,23+,25-,28-,29+,30-,31+/m1/s1. The van der Waals surface area contributed by atoms with Crippen molar-refractivity contribution in [2.45, 2.75) is 93.9 Å². The van der Waals surface area contributed by atoms with Gasteiger partial charge >= 0.3 is 0 Å². The molecular formula is C31H37ClFN3O6. The largest absolute Gasteiger partial charge is 0.490 e. The molecule has 5 rings (SSSR count). The second-order valence-electron chi connectivity index (χ2n) is 11.6. The van der Waals surface area contributed by atoms with Gasteiger partial charge in [0.2, 0.25) is 5.91 Å². The van der Waals surface area contributed by atoms with Crippen LogP contribution in [-0.4, -0.2) is 88.0 Å². The van der Waals surface area contributed by atoms with Gasteiger partial charge in [0.1, 0.15) is 48.5 Å². The van der Waals surface area contributed by atoms with Gasteiger partial charge in [-0.3, -0.25) is 4.79 Å². The van der Waals surface area contributed by atoms with Crippen LogP contribution in [0, 0.1) is 11.3 Å². The fourth-order valence-electron chi connectivity index (χ4n) is 6.08. The molecule has 2 aromatic rings. The molecule has 0 bridgehead atoms. The number of nitriles is 1. The van der Waals surface area contributed by atoms with E-state index in [1.165, 1.54) is 4.90 Å². The summed E-state index contributed by atoms with van der Waals surface area (Å²) >= 11 is 6.49. The number of ether oxygens (including phenoxy) is 2. The molecule has 9 atom stereocenters. The fraction of sp³-hybridized carbons (Fsp3) is 0.548. The van der Waals surface area contributed by atoms with Gasteiger partial charge in [-0.1, -0.05) is 35.9 Å². The number of benzene rings is 2. The molecule has 2 aromatic carbocycles.